The Labute approximate surface area is 66.7 Å². The van der Waals surface area contributed by atoms with Gasteiger partial charge in [0.15, 0.2) is 0 Å². The summed E-state index contributed by atoms with van der Waals surface area (Å²) in [5.41, 5.74) is 0.946. The number of allylic oxidation sites excluding steroid dienone is 1. The fourth-order valence-corrected chi connectivity index (χ4v) is 2.20. The van der Waals surface area contributed by atoms with Gasteiger partial charge in [-0.15, -0.1) is 0 Å². The van der Waals surface area contributed by atoms with Gasteiger partial charge in [-0.1, -0.05) is 12.8 Å². The highest BCUT2D eigenvalue weighted by Crippen LogP contribution is 2.42. The van der Waals surface area contributed by atoms with Gasteiger partial charge >= 0.3 is 0 Å². The molecular weight excluding hydrogens is 138 g/mol. The molecule has 1 saturated carbocycles. The van der Waals surface area contributed by atoms with Crippen molar-refractivity contribution < 1.29 is 4.79 Å². The third kappa shape index (κ3) is 0.889. The Morgan fingerprint density at radius 2 is 2.09 bits per heavy atom. The molecule has 0 saturated heterocycles. The third-order valence-corrected chi connectivity index (χ3v) is 2.75. The van der Waals surface area contributed by atoms with Gasteiger partial charge < -0.3 is 5.32 Å². The zero-order chi connectivity index (χ0) is 7.90. The van der Waals surface area contributed by atoms with Crippen LogP contribution in [0.25, 0.3) is 0 Å². The van der Waals surface area contributed by atoms with E-state index < -0.39 is 0 Å². The molecular formula is C9H13NO. The van der Waals surface area contributed by atoms with E-state index >= 15 is 0 Å². The molecule has 2 rings (SSSR count). The molecule has 1 fully saturated rings. The van der Waals surface area contributed by atoms with Crippen LogP contribution < -0.4 is 5.32 Å². The summed E-state index contributed by atoms with van der Waals surface area (Å²) in [6, 6.07) is 0. The Kier molecular flexibility index (Phi) is 1.31. The molecule has 1 N–H and O–H groups in total. The lowest BCUT2D eigenvalue weighted by Crippen LogP contribution is -2.29. The summed E-state index contributed by atoms with van der Waals surface area (Å²) in [5.74, 6) is 0.229. The molecule has 0 bridgehead atoms. The maximum Gasteiger partial charge on any atom is 0.234 e. The van der Waals surface area contributed by atoms with Gasteiger partial charge in [-0.05, 0) is 25.8 Å². The van der Waals surface area contributed by atoms with E-state index in [2.05, 4.69) is 11.4 Å². The lowest BCUT2D eigenvalue weighted by atomic mass is 9.87. The molecule has 0 radical (unpaired) electrons. The van der Waals surface area contributed by atoms with Gasteiger partial charge in [-0.25, -0.2) is 0 Å². The summed E-state index contributed by atoms with van der Waals surface area (Å²) in [7, 11) is 0. The number of nitrogens with one attached hydrogen (secondary N) is 1. The molecule has 2 heteroatoms. The van der Waals surface area contributed by atoms with Crippen LogP contribution in [0.5, 0.6) is 0 Å². The second-order valence-corrected chi connectivity index (χ2v) is 3.64. The molecule has 11 heavy (non-hydrogen) atoms. The smallest absolute Gasteiger partial charge is 0.234 e. The molecule has 1 aliphatic carbocycles. The zero-order valence-corrected chi connectivity index (χ0v) is 6.81. The van der Waals surface area contributed by atoms with E-state index in [0.29, 0.717) is 0 Å². The van der Waals surface area contributed by atoms with Gasteiger partial charge in [0.05, 0.1) is 5.41 Å². The van der Waals surface area contributed by atoms with Crippen molar-refractivity contribution in [3.8, 4) is 0 Å². The number of carbonyl (C=O) groups is 1. The van der Waals surface area contributed by atoms with E-state index in [4.69, 9.17) is 0 Å². The minimum atomic E-state index is -0.0932. The number of carbonyl (C=O) groups excluding carboxylic acids is 1. The number of hydrogen-bond acceptors (Lipinski definition) is 1. The molecule has 0 aromatic rings. The van der Waals surface area contributed by atoms with Gasteiger partial charge in [-0.3, -0.25) is 4.79 Å². The van der Waals surface area contributed by atoms with Crippen LogP contribution in [0.2, 0.25) is 0 Å². The maximum absolute atomic E-state index is 11.4. The Morgan fingerprint density at radius 3 is 2.55 bits per heavy atom. The van der Waals surface area contributed by atoms with Crippen molar-refractivity contribution in [2.45, 2.75) is 32.6 Å². The first-order valence-electron chi connectivity index (χ1n) is 4.24. The van der Waals surface area contributed by atoms with Gasteiger partial charge in [-0.2, -0.15) is 0 Å². The molecule has 1 amide bonds. The van der Waals surface area contributed by atoms with E-state index in [1.54, 1.807) is 0 Å². The summed E-state index contributed by atoms with van der Waals surface area (Å²) in [6.45, 7) is 1.96. The Morgan fingerprint density at radius 1 is 1.45 bits per heavy atom. The average Bonchev–Trinajstić information content (AvgIpc) is 2.45. The number of amides is 1. The summed E-state index contributed by atoms with van der Waals surface area (Å²) in [5, 5.41) is 2.87. The molecule has 60 valence electrons. The molecule has 0 unspecified atom stereocenters. The molecule has 0 aromatic carbocycles. The Balaban J connectivity index is 2.30. The van der Waals surface area contributed by atoms with Crippen molar-refractivity contribution in [3.63, 3.8) is 0 Å². The molecule has 1 heterocycles. The highest BCUT2D eigenvalue weighted by Gasteiger charge is 2.42. The topological polar surface area (TPSA) is 29.1 Å². The van der Waals surface area contributed by atoms with E-state index in [9.17, 15) is 4.79 Å². The SMILES string of the molecule is CC1=CC2(CCCC2)C(=O)N1. The van der Waals surface area contributed by atoms with Crippen LogP contribution in [0.1, 0.15) is 32.6 Å². The lowest BCUT2D eigenvalue weighted by molar-refractivity contribution is -0.126. The molecule has 2 nitrogen and oxygen atoms in total. The van der Waals surface area contributed by atoms with Gasteiger partial charge in [0.1, 0.15) is 0 Å². The first-order valence-corrected chi connectivity index (χ1v) is 4.24. The fraction of sp³-hybridized carbons (Fsp3) is 0.667. The summed E-state index contributed by atoms with van der Waals surface area (Å²) < 4.78 is 0. The molecule has 0 atom stereocenters. The van der Waals surface area contributed by atoms with Crippen LogP contribution in [0.3, 0.4) is 0 Å². The van der Waals surface area contributed by atoms with E-state index in [1.807, 2.05) is 6.92 Å². The van der Waals surface area contributed by atoms with Crippen LogP contribution >= 0.6 is 0 Å². The normalized spacial score (nSPS) is 27.4. The summed E-state index contributed by atoms with van der Waals surface area (Å²) >= 11 is 0. The van der Waals surface area contributed by atoms with Crippen molar-refractivity contribution in [2.24, 2.45) is 5.41 Å². The third-order valence-electron chi connectivity index (χ3n) is 2.75. The van der Waals surface area contributed by atoms with Gasteiger partial charge in [0, 0.05) is 5.70 Å². The van der Waals surface area contributed by atoms with Gasteiger partial charge in [0.2, 0.25) is 5.91 Å². The molecule has 1 spiro atoms. The summed E-state index contributed by atoms with van der Waals surface area (Å²) in [4.78, 5) is 11.4. The van der Waals surface area contributed by atoms with Crippen LogP contribution in [-0.2, 0) is 4.79 Å². The van der Waals surface area contributed by atoms with E-state index in [1.165, 1.54) is 12.8 Å². The van der Waals surface area contributed by atoms with Crippen molar-refractivity contribution in [1.29, 1.82) is 0 Å². The van der Waals surface area contributed by atoms with Crippen molar-refractivity contribution in [1.82, 2.24) is 5.32 Å². The maximum atomic E-state index is 11.4. The zero-order valence-electron chi connectivity index (χ0n) is 6.81. The van der Waals surface area contributed by atoms with Crippen LogP contribution in [-0.4, -0.2) is 5.91 Å². The quantitative estimate of drug-likeness (QED) is 0.559. The van der Waals surface area contributed by atoms with Crippen LogP contribution in [0.15, 0.2) is 11.8 Å². The first kappa shape index (κ1) is 6.89. The molecule has 0 aromatic heterocycles. The average molecular weight is 151 g/mol. The highest BCUT2D eigenvalue weighted by atomic mass is 16.2. The number of hydrogen-bond donors (Lipinski definition) is 1. The van der Waals surface area contributed by atoms with E-state index in [0.717, 1.165) is 18.5 Å². The number of rotatable bonds is 0. The van der Waals surface area contributed by atoms with Crippen LogP contribution in [0.4, 0.5) is 0 Å². The monoisotopic (exact) mass is 151 g/mol. The Bertz CT molecular complexity index is 224. The largest absolute Gasteiger partial charge is 0.330 e. The van der Waals surface area contributed by atoms with Gasteiger partial charge in [0.25, 0.3) is 0 Å². The fourth-order valence-electron chi connectivity index (χ4n) is 2.20. The molecule has 1 aliphatic heterocycles. The highest BCUT2D eigenvalue weighted by molar-refractivity contribution is 5.89. The minimum Gasteiger partial charge on any atom is -0.330 e. The predicted octanol–water partition coefficient (Wildman–Crippen LogP) is 1.58. The van der Waals surface area contributed by atoms with Crippen molar-refractivity contribution in [2.75, 3.05) is 0 Å². The summed E-state index contributed by atoms with van der Waals surface area (Å²) in [6.07, 6.45) is 6.63. The molecule has 2 aliphatic rings. The van der Waals surface area contributed by atoms with Crippen molar-refractivity contribution >= 4 is 5.91 Å². The lowest BCUT2D eigenvalue weighted by Gasteiger charge is -2.15. The second kappa shape index (κ2) is 2.10. The van der Waals surface area contributed by atoms with E-state index in [-0.39, 0.29) is 11.3 Å². The minimum absolute atomic E-state index is 0.0932. The van der Waals surface area contributed by atoms with Crippen molar-refractivity contribution in [3.05, 3.63) is 11.8 Å². The standard InChI is InChI=1S/C9H13NO/c1-7-6-9(8(11)10-7)4-2-3-5-9/h6H,2-5H2,1H3,(H,10,11). The predicted molar refractivity (Wildman–Crippen MR) is 42.8 cm³/mol. The van der Waals surface area contributed by atoms with Crippen LogP contribution in [0, 0.1) is 5.41 Å². The first-order chi connectivity index (χ1) is 5.23. The Hall–Kier alpha value is -0.790. The second-order valence-electron chi connectivity index (χ2n) is 3.64.